The molecule has 1 N–H and O–H groups in total. The minimum Gasteiger partial charge on any atom is -0.438 e. The first-order valence-corrected chi connectivity index (χ1v) is 12.8. The highest BCUT2D eigenvalue weighted by Gasteiger charge is 2.43. The number of aliphatic hydroxyl groups is 1. The summed E-state index contributed by atoms with van der Waals surface area (Å²) in [5.74, 6) is -0.217. The molecule has 0 bridgehead atoms. The summed E-state index contributed by atoms with van der Waals surface area (Å²) < 4.78 is 45.4. The number of benzene rings is 2. The number of nitrogens with zero attached hydrogens (tertiary/aromatic N) is 2. The van der Waals surface area contributed by atoms with Crippen molar-refractivity contribution in [3.05, 3.63) is 65.5 Å². The van der Waals surface area contributed by atoms with Gasteiger partial charge < -0.3 is 14.7 Å². The summed E-state index contributed by atoms with van der Waals surface area (Å²) in [4.78, 5) is 14.6. The molecule has 2 atom stereocenters. The predicted octanol–water partition coefficient (Wildman–Crippen LogP) is 3.94. The van der Waals surface area contributed by atoms with E-state index < -0.39 is 21.7 Å². The fourth-order valence-corrected chi connectivity index (χ4v) is 6.30. The number of cyclic esters (lactones) is 1. The van der Waals surface area contributed by atoms with Gasteiger partial charge in [0.25, 0.3) is 0 Å². The number of hydrogen-bond donors (Lipinski definition) is 1. The molecule has 2 aromatic rings. The van der Waals surface area contributed by atoms with Crippen molar-refractivity contribution in [1.29, 1.82) is 0 Å². The SMILES string of the molecule is CC(c1ccc(N2CCCCS2(=O)=O)cc1)N1CCC(CCO)(c2ccc(F)cc2)OC1=O. The lowest BCUT2D eigenvalue weighted by molar-refractivity contribution is -0.0718. The second kappa shape index (κ2) is 9.30. The summed E-state index contributed by atoms with van der Waals surface area (Å²) in [6.45, 7) is 2.61. The van der Waals surface area contributed by atoms with Gasteiger partial charge in [0.05, 0.1) is 17.5 Å². The maximum absolute atomic E-state index is 13.4. The van der Waals surface area contributed by atoms with E-state index in [1.807, 2.05) is 19.1 Å². The van der Waals surface area contributed by atoms with E-state index in [1.165, 1.54) is 16.4 Å². The lowest BCUT2D eigenvalue weighted by Gasteiger charge is -2.43. The van der Waals surface area contributed by atoms with Crippen LogP contribution >= 0.6 is 0 Å². The summed E-state index contributed by atoms with van der Waals surface area (Å²) in [5.41, 5.74) is 1.15. The van der Waals surface area contributed by atoms with Crippen molar-refractivity contribution in [1.82, 2.24) is 4.90 Å². The van der Waals surface area contributed by atoms with Gasteiger partial charge in [0.15, 0.2) is 0 Å². The Bertz CT molecular complexity index is 1090. The van der Waals surface area contributed by atoms with E-state index in [9.17, 15) is 22.7 Å². The Labute approximate surface area is 193 Å². The largest absolute Gasteiger partial charge is 0.438 e. The number of amides is 1. The zero-order valence-corrected chi connectivity index (χ0v) is 19.4. The minimum atomic E-state index is -3.28. The average Bonchev–Trinajstić information content (AvgIpc) is 2.79. The summed E-state index contributed by atoms with van der Waals surface area (Å²) in [7, 11) is -3.28. The molecule has 0 radical (unpaired) electrons. The van der Waals surface area contributed by atoms with Crippen LogP contribution in [0.15, 0.2) is 48.5 Å². The predicted molar refractivity (Wildman–Crippen MR) is 123 cm³/mol. The number of hydrogen-bond acceptors (Lipinski definition) is 5. The highest BCUT2D eigenvalue weighted by atomic mass is 32.2. The standard InChI is InChI=1S/C24H29FN2O5S/c1-18(19-4-10-22(11-5-19)27-14-2-3-17-33(27,30)31)26-15-12-24(13-16-28,32-23(26)29)20-6-8-21(25)9-7-20/h4-11,18,28H,2-3,12-17H2,1H3. The van der Waals surface area contributed by atoms with E-state index in [0.29, 0.717) is 37.2 Å². The summed E-state index contributed by atoms with van der Waals surface area (Å²) in [6, 6.07) is 12.8. The third kappa shape index (κ3) is 4.70. The Morgan fingerprint density at radius 3 is 2.39 bits per heavy atom. The van der Waals surface area contributed by atoms with Gasteiger partial charge in [0, 0.05) is 32.5 Å². The highest BCUT2D eigenvalue weighted by molar-refractivity contribution is 7.92. The van der Waals surface area contributed by atoms with Gasteiger partial charge in [0.2, 0.25) is 10.0 Å². The molecule has 33 heavy (non-hydrogen) atoms. The fraction of sp³-hybridized carbons (Fsp3) is 0.458. The normalized spacial score (nSPS) is 23.8. The monoisotopic (exact) mass is 476 g/mol. The molecule has 2 saturated heterocycles. The van der Waals surface area contributed by atoms with Gasteiger partial charge >= 0.3 is 6.09 Å². The van der Waals surface area contributed by atoms with E-state index in [2.05, 4.69) is 0 Å². The van der Waals surface area contributed by atoms with Crippen LogP contribution in [0.4, 0.5) is 14.9 Å². The topological polar surface area (TPSA) is 87.2 Å². The van der Waals surface area contributed by atoms with E-state index >= 15 is 0 Å². The average molecular weight is 477 g/mol. The Balaban J connectivity index is 1.50. The van der Waals surface area contributed by atoms with E-state index in [4.69, 9.17) is 4.74 Å². The number of halogens is 1. The van der Waals surface area contributed by atoms with Crippen molar-refractivity contribution in [2.75, 3.05) is 29.8 Å². The van der Waals surface area contributed by atoms with E-state index in [-0.39, 0.29) is 30.6 Å². The molecule has 2 aliphatic rings. The molecule has 2 aliphatic heterocycles. The maximum Gasteiger partial charge on any atom is 0.411 e. The Morgan fingerprint density at radius 2 is 1.79 bits per heavy atom. The third-order valence-electron chi connectivity index (χ3n) is 6.64. The van der Waals surface area contributed by atoms with Gasteiger partial charge in [-0.15, -0.1) is 0 Å². The Kier molecular flexibility index (Phi) is 6.63. The molecule has 1 amide bonds. The van der Waals surface area contributed by atoms with Crippen LogP contribution in [0, 0.1) is 5.82 Å². The molecule has 2 unspecified atom stereocenters. The van der Waals surface area contributed by atoms with Crippen molar-refractivity contribution in [3.63, 3.8) is 0 Å². The zero-order chi connectivity index (χ0) is 23.6. The van der Waals surface area contributed by atoms with E-state index in [0.717, 1.165) is 12.0 Å². The van der Waals surface area contributed by atoms with Crippen LogP contribution in [-0.2, 0) is 20.4 Å². The highest BCUT2D eigenvalue weighted by Crippen LogP contribution is 2.39. The number of anilines is 1. The number of carbonyl (C=O) groups excluding carboxylic acids is 1. The van der Waals surface area contributed by atoms with Crippen LogP contribution in [0.25, 0.3) is 0 Å². The Hall–Kier alpha value is -2.65. The molecule has 178 valence electrons. The van der Waals surface area contributed by atoms with Crippen LogP contribution < -0.4 is 4.31 Å². The number of sulfonamides is 1. The minimum absolute atomic E-state index is 0.161. The van der Waals surface area contributed by atoms with Crippen molar-refractivity contribution >= 4 is 21.8 Å². The molecule has 0 aliphatic carbocycles. The van der Waals surface area contributed by atoms with Gasteiger partial charge in [-0.1, -0.05) is 24.3 Å². The molecule has 4 rings (SSSR count). The lowest BCUT2D eigenvalue weighted by atomic mass is 9.85. The van der Waals surface area contributed by atoms with Gasteiger partial charge in [-0.2, -0.15) is 0 Å². The first kappa shape index (κ1) is 23.5. The maximum atomic E-state index is 13.4. The molecule has 9 heteroatoms. The van der Waals surface area contributed by atoms with E-state index in [1.54, 1.807) is 29.2 Å². The Morgan fingerprint density at radius 1 is 1.09 bits per heavy atom. The molecule has 7 nitrogen and oxygen atoms in total. The molecular formula is C24H29FN2O5S. The number of carbonyl (C=O) groups is 1. The van der Waals surface area contributed by atoms with Crippen molar-refractivity contribution in [2.24, 2.45) is 0 Å². The third-order valence-corrected chi connectivity index (χ3v) is 8.51. The van der Waals surface area contributed by atoms with Crippen LogP contribution in [0.3, 0.4) is 0 Å². The zero-order valence-electron chi connectivity index (χ0n) is 18.6. The van der Waals surface area contributed by atoms with Gasteiger partial charge in [0.1, 0.15) is 11.4 Å². The first-order valence-electron chi connectivity index (χ1n) is 11.2. The molecule has 2 fully saturated rings. The first-order chi connectivity index (χ1) is 15.8. The van der Waals surface area contributed by atoms with Gasteiger partial charge in [-0.25, -0.2) is 17.6 Å². The summed E-state index contributed by atoms with van der Waals surface area (Å²) in [5, 5.41) is 9.58. The molecular weight excluding hydrogens is 447 g/mol. The molecule has 2 heterocycles. The lowest BCUT2D eigenvalue weighted by Crippen LogP contribution is -2.49. The number of ether oxygens (including phenoxy) is 1. The second-order valence-corrected chi connectivity index (χ2v) is 10.7. The molecule has 0 saturated carbocycles. The quantitative estimate of drug-likeness (QED) is 0.683. The van der Waals surface area contributed by atoms with Crippen LogP contribution in [0.5, 0.6) is 0 Å². The fourth-order valence-electron chi connectivity index (χ4n) is 4.66. The summed E-state index contributed by atoms with van der Waals surface area (Å²) in [6.07, 6.45) is 1.70. The summed E-state index contributed by atoms with van der Waals surface area (Å²) >= 11 is 0. The smallest absolute Gasteiger partial charge is 0.411 e. The van der Waals surface area contributed by atoms with Crippen molar-refractivity contribution in [3.8, 4) is 0 Å². The van der Waals surface area contributed by atoms with Gasteiger partial charge in [-0.05, 0) is 55.2 Å². The molecule has 2 aromatic carbocycles. The van der Waals surface area contributed by atoms with Crippen molar-refractivity contribution < 1.29 is 27.4 Å². The molecule has 0 spiro atoms. The number of rotatable bonds is 6. The van der Waals surface area contributed by atoms with Crippen LogP contribution in [0.1, 0.15) is 49.8 Å². The number of aliphatic hydroxyl groups excluding tert-OH is 1. The van der Waals surface area contributed by atoms with Crippen molar-refractivity contribution in [2.45, 2.75) is 44.2 Å². The van der Waals surface area contributed by atoms with Crippen LogP contribution in [-0.4, -0.2) is 50.0 Å². The second-order valence-electron chi connectivity index (χ2n) is 8.65. The molecule has 0 aromatic heterocycles. The van der Waals surface area contributed by atoms with Gasteiger partial charge in [-0.3, -0.25) is 4.31 Å². The van der Waals surface area contributed by atoms with Crippen LogP contribution in [0.2, 0.25) is 0 Å².